The summed E-state index contributed by atoms with van der Waals surface area (Å²) in [7, 11) is -1.66. The van der Waals surface area contributed by atoms with Crippen molar-refractivity contribution >= 4 is 8.32 Å². The van der Waals surface area contributed by atoms with Gasteiger partial charge in [-0.1, -0.05) is 20.8 Å². The minimum atomic E-state index is -1.66. The maximum Gasteiger partial charge on any atom is 0.192 e. The van der Waals surface area contributed by atoms with Crippen LogP contribution in [0.5, 0.6) is 0 Å². The molecule has 0 N–H and O–H groups in total. The molecule has 1 rings (SSSR count). The van der Waals surface area contributed by atoms with Gasteiger partial charge < -0.3 is 8.99 Å². The molecular weight excluding hydrogens is 228 g/mol. The second-order valence-corrected chi connectivity index (χ2v) is 10.6. The largest absolute Gasteiger partial charge is 0.415 e. The van der Waals surface area contributed by atoms with Crippen LogP contribution in [-0.4, -0.2) is 19.5 Å². The van der Waals surface area contributed by atoms with Gasteiger partial charge in [-0.25, -0.2) is 0 Å². The van der Waals surface area contributed by atoms with Crippen LogP contribution >= 0.6 is 0 Å². The fourth-order valence-corrected chi connectivity index (χ4v) is 2.36. The molecule has 0 fully saturated rings. The molecule has 17 heavy (non-hydrogen) atoms. The van der Waals surface area contributed by atoms with Crippen molar-refractivity contribution in [1.82, 2.24) is 4.57 Å². The summed E-state index contributed by atoms with van der Waals surface area (Å²) in [6, 6.07) is 5.89. The first-order valence-corrected chi connectivity index (χ1v) is 8.88. The third kappa shape index (κ3) is 3.45. The number of nitriles is 1. The number of nitrogens with zero attached hydrogens (tertiary/aromatic N) is 2. The van der Waals surface area contributed by atoms with Crippen LogP contribution in [0, 0.1) is 11.3 Å². The standard InChI is InChI=1S/C13H22N2OSi/c1-13(2,3)17(4,5)16-10-9-15-8-6-7-12(15)11-14/h6-8H,9-10H2,1-5H3. The zero-order chi connectivity index (χ0) is 13.1. The summed E-state index contributed by atoms with van der Waals surface area (Å²) in [5, 5.41) is 9.13. The van der Waals surface area contributed by atoms with Gasteiger partial charge >= 0.3 is 0 Å². The van der Waals surface area contributed by atoms with Gasteiger partial charge in [-0.05, 0) is 30.3 Å². The summed E-state index contributed by atoms with van der Waals surface area (Å²) in [4.78, 5) is 0. The predicted molar refractivity (Wildman–Crippen MR) is 72.3 cm³/mol. The van der Waals surface area contributed by atoms with Crippen molar-refractivity contribution < 1.29 is 4.43 Å². The molecule has 94 valence electrons. The highest BCUT2D eigenvalue weighted by atomic mass is 28.4. The molecule has 0 aromatic carbocycles. The van der Waals surface area contributed by atoms with Crippen LogP contribution < -0.4 is 0 Å². The Balaban J connectivity index is 2.52. The number of aromatic nitrogens is 1. The highest BCUT2D eigenvalue weighted by Crippen LogP contribution is 2.36. The maximum atomic E-state index is 8.89. The van der Waals surface area contributed by atoms with Crippen molar-refractivity contribution in [3.63, 3.8) is 0 Å². The Morgan fingerprint density at radius 2 is 2.06 bits per heavy atom. The molecule has 0 unspecified atom stereocenters. The van der Waals surface area contributed by atoms with Gasteiger partial charge in [-0.2, -0.15) is 5.26 Å². The zero-order valence-electron chi connectivity index (χ0n) is 11.4. The minimum Gasteiger partial charge on any atom is -0.415 e. The average Bonchev–Trinajstić information content (AvgIpc) is 2.63. The van der Waals surface area contributed by atoms with E-state index in [9.17, 15) is 0 Å². The lowest BCUT2D eigenvalue weighted by Gasteiger charge is -2.36. The molecule has 0 saturated heterocycles. The van der Waals surface area contributed by atoms with E-state index in [-0.39, 0.29) is 5.04 Å². The Morgan fingerprint density at radius 3 is 2.59 bits per heavy atom. The normalized spacial score (nSPS) is 12.5. The number of hydrogen-bond acceptors (Lipinski definition) is 2. The maximum absolute atomic E-state index is 8.89. The Labute approximate surface area is 105 Å². The first kappa shape index (κ1) is 14.0. The van der Waals surface area contributed by atoms with Crippen LogP contribution in [0.25, 0.3) is 0 Å². The molecule has 4 heteroatoms. The summed E-state index contributed by atoms with van der Waals surface area (Å²) < 4.78 is 8.01. The Morgan fingerprint density at radius 1 is 1.41 bits per heavy atom. The van der Waals surface area contributed by atoms with Gasteiger partial charge in [0.25, 0.3) is 0 Å². The van der Waals surface area contributed by atoms with Gasteiger partial charge in [0.1, 0.15) is 11.8 Å². The van der Waals surface area contributed by atoms with E-state index in [0.29, 0.717) is 12.3 Å². The summed E-state index contributed by atoms with van der Waals surface area (Å²) >= 11 is 0. The van der Waals surface area contributed by atoms with Crippen LogP contribution in [0.2, 0.25) is 18.1 Å². The average molecular weight is 250 g/mol. The molecule has 0 bridgehead atoms. The van der Waals surface area contributed by atoms with Gasteiger partial charge in [-0.15, -0.1) is 0 Å². The van der Waals surface area contributed by atoms with E-state index in [2.05, 4.69) is 39.9 Å². The fraction of sp³-hybridized carbons (Fsp3) is 0.615. The summed E-state index contributed by atoms with van der Waals surface area (Å²) in [5.74, 6) is 0. The van der Waals surface area contributed by atoms with Crippen molar-refractivity contribution in [3.8, 4) is 6.07 Å². The van der Waals surface area contributed by atoms with Crippen molar-refractivity contribution in [1.29, 1.82) is 5.26 Å². The third-order valence-corrected chi connectivity index (χ3v) is 8.08. The highest BCUT2D eigenvalue weighted by molar-refractivity contribution is 6.74. The quantitative estimate of drug-likeness (QED) is 0.768. The molecule has 0 aliphatic heterocycles. The van der Waals surface area contributed by atoms with Crippen LogP contribution in [-0.2, 0) is 11.0 Å². The molecule has 1 heterocycles. The summed E-state index contributed by atoms with van der Waals surface area (Å²) in [5.41, 5.74) is 0.698. The molecule has 0 aliphatic carbocycles. The fourth-order valence-electron chi connectivity index (χ4n) is 1.33. The van der Waals surface area contributed by atoms with Crippen LogP contribution in [0.15, 0.2) is 18.3 Å². The zero-order valence-corrected chi connectivity index (χ0v) is 12.4. The highest BCUT2D eigenvalue weighted by Gasteiger charge is 2.36. The SMILES string of the molecule is CC(C)(C)[Si](C)(C)OCCn1cccc1C#N. The van der Waals surface area contributed by atoms with E-state index >= 15 is 0 Å². The minimum absolute atomic E-state index is 0.238. The molecule has 1 aromatic rings. The van der Waals surface area contributed by atoms with Crippen molar-refractivity contribution in [2.45, 2.75) is 45.4 Å². The molecule has 0 atom stereocenters. The van der Waals surface area contributed by atoms with Gasteiger partial charge in [0, 0.05) is 12.7 Å². The molecule has 0 saturated carbocycles. The Kier molecular flexibility index (Phi) is 4.18. The molecule has 3 nitrogen and oxygen atoms in total. The third-order valence-electron chi connectivity index (χ3n) is 3.55. The van der Waals surface area contributed by atoms with Gasteiger partial charge in [-0.3, -0.25) is 0 Å². The van der Waals surface area contributed by atoms with Crippen molar-refractivity contribution in [2.24, 2.45) is 0 Å². The summed E-state index contributed by atoms with van der Waals surface area (Å²) in [6.07, 6.45) is 1.92. The van der Waals surface area contributed by atoms with E-state index in [1.807, 2.05) is 22.9 Å². The van der Waals surface area contributed by atoms with E-state index < -0.39 is 8.32 Å². The summed E-state index contributed by atoms with van der Waals surface area (Å²) in [6.45, 7) is 12.6. The van der Waals surface area contributed by atoms with Crippen LogP contribution in [0.3, 0.4) is 0 Å². The van der Waals surface area contributed by atoms with Gasteiger partial charge in [0.05, 0.1) is 6.61 Å². The number of hydrogen-bond donors (Lipinski definition) is 0. The second kappa shape index (κ2) is 5.07. The van der Waals surface area contributed by atoms with E-state index in [1.54, 1.807) is 0 Å². The molecule has 0 radical (unpaired) electrons. The molecule has 1 aromatic heterocycles. The van der Waals surface area contributed by atoms with E-state index in [1.165, 1.54) is 0 Å². The Hall–Kier alpha value is -1.05. The van der Waals surface area contributed by atoms with Crippen LogP contribution in [0.4, 0.5) is 0 Å². The molecular formula is C13H22N2OSi. The van der Waals surface area contributed by atoms with E-state index in [0.717, 1.165) is 6.54 Å². The van der Waals surface area contributed by atoms with Gasteiger partial charge in [0.15, 0.2) is 8.32 Å². The van der Waals surface area contributed by atoms with E-state index in [4.69, 9.17) is 9.69 Å². The second-order valence-electron chi connectivity index (χ2n) is 5.81. The van der Waals surface area contributed by atoms with Crippen molar-refractivity contribution in [3.05, 3.63) is 24.0 Å². The van der Waals surface area contributed by atoms with Crippen molar-refractivity contribution in [2.75, 3.05) is 6.61 Å². The lowest BCUT2D eigenvalue weighted by atomic mass is 10.2. The first-order chi connectivity index (χ1) is 7.78. The molecule has 0 amide bonds. The van der Waals surface area contributed by atoms with Gasteiger partial charge in [0.2, 0.25) is 0 Å². The Bertz CT molecular complexity index is 410. The van der Waals surface area contributed by atoms with Crippen LogP contribution in [0.1, 0.15) is 26.5 Å². The lowest BCUT2D eigenvalue weighted by Crippen LogP contribution is -2.41. The lowest BCUT2D eigenvalue weighted by molar-refractivity contribution is 0.271. The predicted octanol–water partition coefficient (Wildman–Crippen LogP) is 3.38. The number of rotatable bonds is 4. The topological polar surface area (TPSA) is 38.0 Å². The smallest absolute Gasteiger partial charge is 0.192 e. The monoisotopic (exact) mass is 250 g/mol. The molecule has 0 aliphatic rings. The first-order valence-electron chi connectivity index (χ1n) is 5.97. The molecule has 0 spiro atoms.